The number of rotatable bonds is 7. The van der Waals surface area contributed by atoms with Crippen LogP contribution in [0.15, 0.2) is 30.3 Å². The molecule has 1 heterocycles. The summed E-state index contributed by atoms with van der Waals surface area (Å²) < 4.78 is 0. The van der Waals surface area contributed by atoms with Crippen LogP contribution in [0.2, 0.25) is 0 Å². The van der Waals surface area contributed by atoms with Gasteiger partial charge in [-0.25, -0.2) is 4.79 Å². The largest absolute Gasteiger partial charge is 0.329 e. The molecule has 0 atom stereocenters. The van der Waals surface area contributed by atoms with Gasteiger partial charge >= 0.3 is 6.03 Å². The number of imide groups is 1. The summed E-state index contributed by atoms with van der Waals surface area (Å²) in [7, 11) is 0. The van der Waals surface area contributed by atoms with Crippen molar-refractivity contribution in [1.29, 1.82) is 0 Å². The molecule has 2 aliphatic rings. The third-order valence-electron chi connectivity index (χ3n) is 4.18. The molecule has 0 spiro atoms. The minimum Gasteiger partial charge on any atom is -0.329 e. The lowest BCUT2D eigenvalue weighted by atomic mass is 10.2. The summed E-state index contributed by atoms with van der Waals surface area (Å²) in [6, 6.07) is 9.02. The van der Waals surface area contributed by atoms with Crippen LogP contribution in [0.5, 0.6) is 0 Å². The molecule has 1 aromatic rings. The highest BCUT2D eigenvalue weighted by Gasteiger charge is 2.49. The lowest BCUT2D eigenvalue weighted by Gasteiger charge is -2.18. The number of benzene rings is 1. The fourth-order valence-corrected chi connectivity index (χ4v) is 2.63. The Kier molecular flexibility index (Phi) is 4.29. The van der Waals surface area contributed by atoms with Crippen molar-refractivity contribution in [3.63, 3.8) is 0 Å². The number of nitrogens with zero attached hydrogens (tertiary/aromatic N) is 1. The highest BCUT2D eigenvalue weighted by atomic mass is 16.2. The van der Waals surface area contributed by atoms with Gasteiger partial charge in [-0.1, -0.05) is 18.2 Å². The summed E-state index contributed by atoms with van der Waals surface area (Å²) in [6.45, 7) is 1.03. The van der Waals surface area contributed by atoms with E-state index in [-0.39, 0.29) is 24.4 Å². The van der Waals surface area contributed by atoms with Crippen LogP contribution < -0.4 is 16.0 Å². The summed E-state index contributed by atoms with van der Waals surface area (Å²) in [4.78, 5) is 36.4. The lowest BCUT2D eigenvalue weighted by molar-refractivity contribution is -0.125. The normalized spacial score (nSPS) is 18.7. The zero-order chi connectivity index (χ0) is 16.3. The maximum absolute atomic E-state index is 12.3. The summed E-state index contributed by atoms with van der Waals surface area (Å²) in [5.41, 5.74) is 0.275. The molecule has 1 aliphatic heterocycles. The number of nitrogens with one attached hydrogen (secondary N) is 3. The van der Waals surface area contributed by atoms with Crippen molar-refractivity contribution in [2.75, 3.05) is 25.0 Å². The van der Waals surface area contributed by atoms with Gasteiger partial charge in [0.1, 0.15) is 0 Å². The minimum absolute atomic E-state index is 0.0290. The molecular formula is C16H20N4O3. The molecule has 3 rings (SSSR count). The van der Waals surface area contributed by atoms with Crippen molar-refractivity contribution in [2.24, 2.45) is 0 Å². The first kappa shape index (κ1) is 15.5. The van der Waals surface area contributed by atoms with Crippen LogP contribution in [0.25, 0.3) is 0 Å². The molecule has 0 bridgehead atoms. The molecule has 0 unspecified atom stereocenters. The minimum atomic E-state index is -0.507. The third kappa shape index (κ3) is 3.50. The van der Waals surface area contributed by atoms with Crippen molar-refractivity contribution in [3.05, 3.63) is 30.3 Å². The molecule has 0 radical (unpaired) electrons. The van der Waals surface area contributed by atoms with E-state index >= 15 is 0 Å². The van der Waals surface area contributed by atoms with E-state index in [0.29, 0.717) is 19.5 Å². The Balaban J connectivity index is 1.43. The molecular weight excluding hydrogens is 296 g/mol. The van der Waals surface area contributed by atoms with E-state index in [4.69, 9.17) is 0 Å². The Labute approximate surface area is 134 Å². The first-order chi connectivity index (χ1) is 11.1. The standard InChI is InChI=1S/C16H20N4O3/c21-13-11-17-15(23)20(13)10-4-9-18-16(7-8-16)14(22)19-12-5-2-1-3-6-12/h1-3,5-6,18H,4,7-11H2,(H,17,23)(H,19,22). The quantitative estimate of drug-likeness (QED) is 0.510. The van der Waals surface area contributed by atoms with E-state index in [2.05, 4.69) is 16.0 Å². The van der Waals surface area contributed by atoms with Crippen molar-refractivity contribution >= 4 is 23.5 Å². The van der Waals surface area contributed by atoms with E-state index in [1.807, 2.05) is 30.3 Å². The van der Waals surface area contributed by atoms with Gasteiger partial charge in [-0.05, 0) is 37.9 Å². The maximum atomic E-state index is 12.3. The molecule has 122 valence electrons. The SMILES string of the molecule is O=C1CNC(=O)N1CCCNC1(C(=O)Nc2ccccc2)CC1. The van der Waals surface area contributed by atoms with E-state index in [1.54, 1.807) is 0 Å². The first-order valence-electron chi connectivity index (χ1n) is 7.80. The Morgan fingerprint density at radius 2 is 1.96 bits per heavy atom. The average molecular weight is 316 g/mol. The van der Waals surface area contributed by atoms with Gasteiger partial charge in [-0.3, -0.25) is 14.5 Å². The number of carbonyl (C=O) groups is 3. The predicted molar refractivity (Wildman–Crippen MR) is 84.8 cm³/mol. The molecule has 1 aliphatic carbocycles. The monoisotopic (exact) mass is 316 g/mol. The Morgan fingerprint density at radius 1 is 1.22 bits per heavy atom. The van der Waals surface area contributed by atoms with Gasteiger partial charge in [-0.2, -0.15) is 0 Å². The topological polar surface area (TPSA) is 90.5 Å². The second kappa shape index (κ2) is 6.37. The molecule has 4 amide bonds. The highest BCUT2D eigenvalue weighted by molar-refractivity contribution is 6.02. The van der Waals surface area contributed by atoms with Crippen LogP contribution in [0.1, 0.15) is 19.3 Å². The third-order valence-corrected chi connectivity index (χ3v) is 4.18. The number of anilines is 1. The predicted octanol–water partition coefficient (Wildman–Crippen LogP) is 0.689. The molecule has 2 fully saturated rings. The molecule has 0 aromatic heterocycles. The van der Waals surface area contributed by atoms with E-state index in [9.17, 15) is 14.4 Å². The fraction of sp³-hybridized carbons (Fsp3) is 0.438. The molecule has 1 aromatic carbocycles. The Bertz CT molecular complexity index is 597. The smallest absolute Gasteiger partial charge is 0.324 e. The Morgan fingerprint density at radius 3 is 2.57 bits per heavy atom. The number of hydrogen-bond donors (Lipinski definition) is 3. The van der Waals surface area contributed by atoms with Gasteiger partial charge in [-0.15, -0.1) is 0 Å². The van der Waals surface area contributed by atoms with Crippen LogP contribution in [-0.2, 0) is 9.59 Å². The second-order valence-electron chi connectivity index (χ2n) is 5.89. The Hall–Kier alpha value is -2.41. The summed E-state index contributed by atoms with van der Waals surface area (Å²) in [6.07, 6.45) is 2.23. The first-order valence-corrected chi connectivity index (χ1v) is 7.80. The number of hydrogen-bond acceptors (Lipinski definition) is 4. The number of para-hydroxylation sites is 1. The number of urea groups is 1. The van der Waals surface area contributed by atoms with Gasteiger partial charge < -0.3 is 16.0 Å². The number of carbonyl (C=O) groups excluding carboxylic acids is 3. The van der Waals surface area contributed by atoms with Crippen molar-refractivity contribution in [2.45, 2.75) is 24.8 Å². The van der Waals surface area contributed by atoms with Crippen LogP contribution in [0.4, 0.5) is 10.5 Å². The zero-order valence-corrected chi connectivity index (χ0v) is 12.8. The van der Waals surface area contributed by atoms with Gasteiger partial charge in [0.25, 0.3) is 0 Å². The van der Waals surface area contributed by atoms with Crippen molar-refractivity contribution in [1.82, 2.24) is 15.5 Å². The van der Waals surface area contributed by atoms with E-state index < -0.39 is 5.54 Å². The molecule has 1 saturated heterocycles. The van der Waals surface area contributed by atoms with E-state index in [0.717, 1.165) is 18.5 Å². The average Bonchev–Trinajstić information content (AvgIpc) is 3.28. The van der Waals surface area contributed by atoms with Gasteiger partial charge in [0.15, 0.2) is 0 Å². The van der Waals surface area contributed by atoms with Crippen LogP contribution >= 0.6 is 0 Å². The number of amides is 4. The maximum Gasteiger partial charge on any atom is 0.324 e. The molecule has 3 N–H and O–H groups in total. The summed E-state index contributed by atoms with van der Waals surface area (Å²) in [5.74, 6) is -0.225. The van der Waals surface area contributed by atoms with Gasteiger partial charge in [0, 0.05) is 12.2 Å². The van der Waals surface area contributed by atoms with Crippen molar-refractivity contribution in [3.8, 4) is 0 Å². The van der Waals surface area contributed by atoms with Crippen LogP contribution in [0.3, 0.4) is 0 Å². The molecule has 23 heavy (non-hydrogen) atoms. The highest BCUT2D eigenvalue weighted by Crippen LogP contribution is 2.36. The lowest BCUT2D eigenvalue weighted by Crippen LogP contribution is -2.44. The van der Waals surface area contributed by atoms with Crippen molar-refractivity contribution < 1.29 is 14.4 Å². The molecule has 1 saturated carbocycles. The fourth-order valence-electron chi connectivity index (χ4n) is 2.63. The van der Waals surface area contributed by atoms with Crippen LogP contribution in [0, 0.1) is 0 Å². The summed E-state index contributed by atoms with van der Waals surface area (Å²) >= 11 is 0. The van der Waals surface area contributed by atoms with Gasteiger partial charge in [0.05, 0.1) is 12.1 Å². The second-order valence-corrected chi connectivity index (χ2v) is 5.89. The van der Waals surface area contributed by atoms with E-state index in [1.165, 1.54) is 4.90 Å². The molecule has 7 heteroatoms. The zero-order valence-electron chi connectivity index (χ0n) is 12.8. The molecule has 7 nitrogen and oxygen atoms in total. The van der Waals surface area contributed by atoms with Crippen LogP contribution in [-0.4, -0.2) is 47.9 Å². The summed E-state index contributed by atoms with van der Waals surface area (Å²) in [5, 5.41) is 8.66. The van der Waals surface area contributed by atoms with Gasteiger partial charge in [0.2, 0.25) is 11.8 Å².